The Labute approximate surface area is 259 Å². The molecule has 0 unspecified atom stereocenters. The molecule has 6 rings (SSSR count). The largest absolute Gasteiger partial charge is 0.340 e. The van der Waals surface area contributed by atoms with Gasteiger partial charge in [0.15, 0.2) is 0 Å². The van der Waals surface area contributed by atoms with Crippen molar-refractivity contribution in [3.63, 3.8) is 0 Å². The van der Waals surface area contributed by atoms with E-state index in [2.05, 4.69) is 90.4 Å². The Morgan fingerprint density at radius 3 is 1.62 bits per heavy atom. The van der Waals surface area contributed by atoms with Crippen LogP contribution in [0.3, 0.4) is 0 Å². The molecule has 42 heavy (non-hydrogen) atoms. The second kappa shape index (κ2) is 13.4. The Kier molecular flexibility index (Phi) is 9.26. The normalized spacial score (nSPS) is 13.3. The molecule has 0 radical (unpaired) electrons. The number of carbonyl (C=O) groups excluding carboxylic acids is 1. The molecule has 2 heterocycles. The minimum Gasteiger partial charge on any atom is -0.340 e. The number of rotatable bonds is 12. The number of hydrogen-bond donors (Lipinski definition) is 0. The fraction of sp³-hybridized carbons (Fsp3) is 0.324. The molecule has 2 aliphatic rings. The molecule has 0 amide bonds. The van der Waals surface area contributed by atoms with Crippen LogP contribution in [0.4, 0.5) is 22.7 Å². The number of carbonyl (C=O) groups is 1. The van der Waals surface area contributed by atoms with Crippen LogP contribution in [0.25, 0.3) is 11.1 Å². The molecule has 4 aromatic rings. The summed E-state index contributed by atoms with van der Waals surface area (Å²) >= 11 is 3.67. The second-order valence-electron chi connectivity index (χ2n) is 11.3. The van der Waals surface area contributed by atoms with E-state index in [-0.39, 0.29) is 0 Å². The monoisotopic (exact) mass is 592 g/mol. The lowest BCUT2D eigenvalue weighted by atomic mass is 10.0. The maximum Gasteiger partial charge on any atom is 0.150 e. The van der Waals surface area contributed by atoms with Crippen molar-refractivity contribution in [3.8, 4) is 11.1 Å². The van der Waals surface area contributed by atoms with Gasteiger partial charge in [-0.15, -0.1) is 0 Å². The predicted octanol–water partition coefficient (Wildman–Crippen LogP) is 11.5. The Morgan fingerprint density at radius 1 is 0.548 bits per heavy atom. The maximum absolute atomic E-state index is 11.6. The van der Waals surface area contributed by atoms with Crippen LogP contribution in [0.5, 0.6) is 0 Å². The minimum absolute atomic E-state index is 0.734. The van der Waals surface area contributed by atoms with Gasteiger partial charge in [0.2, 0.25) is 0 Å². The number of nitrogens with zero attached hydrogens (tertiary/aromatic N) is 2. The molecule has 0 aromatic heterocycles. The van der Waals surface area contributed by atoms with Crippen molar-refractivity contribution >= 4 is 52.6 Å². The highest BCUT2D eigenvalue weighted by Gasteiger charge is 2.26. The fourth-order valence-corrected chi connectivity index (χ4v) is 8.36. The summed E-state index contributed by atoms with van der Waals surface area (Å²) in [6, 6.07) is 28.9. The van der Waals surface area contributed by atoms with Crippen molar-refractivity contribution in [3.05, 3.63) is 84.4 Å². The molecule has 5 heteroatoms. The average molecular weight is 593 g/mol. The van der Waals surface area contributed by atoms with Crippen LogP contribution in [0.1, 0.15) is 75.6 Å². The maximum atomic E-state index is 11.6. The van der Waals surface area contributed by atoms with Gasteiger partial charge >= 0.3 is 0 Å². The van der Waals surface area contributed by atoms with E-state index in [9.17, 15) is 4.79 Å². The Bertz CT molecular complexity index is 1570. The summed E-state index contributed by atoms with van der Waals surface area (Å²) in [6.45, 7) is 6.57. The van der Waals surface area contributed by atoms with Gasteiger partial charge in [0.05, 0.1) is 22.7 Å². The predicted molar refractivity (Wildman–Crippen MR) is 181 cm³/mol. The van der Waals surface area contributed by atoms with Gasteiger partial charge < -0.3 is 9.80 Å². The highest BCUT2D eigenvalue weighted by Crippen LogP contribution is 2.51. The third kappa shape index (κ3) is 6.00. The van der Waals surface area contributed by atoms with Gasteiger partial charge in [-0.3, -0.25) is 4.79 Å². The standard InChI is InChI=1S/C37H40N2OS2/c1-3-5-7-11-21-38-30-13-9-10-14-34(30)41-36-24-28(16-19-32(36)38)29-17-20-33-37(25-29)42-35-23-27(26-40)15-18-31(35)39(33)22-12-8-6-4-2/h9-10,13-20,23-26H,3-8,11-12,21-22H2,1-2H3. The Balaban J connectivity index is 1.32. The molecule has 0 saturated carbocycles. The van der Waals surface area contributed by atoms with Gasteiger partial charge in [0.1, 0.15) is 6.29 Å². The highest BCUT2D eigenvalue weighted by atomic mass is 32.2. The number of anilines is 4. The summed E-state index contributed by atoms with van der Waals surface area (Å²) in [7, 11) is 0. The zero-order chi connectivity index (χ0) is 28.9. The molecule has 4 aromatic carbocycles. The number of para-hydroxylation sites is 1. The van der Waals surface area contributed by atoms with Crippen molar-refractivity contribution in [2.24, 2.45) is 0 Å². The highest BCUT2D eigenvalue weighted by molar-refractivity contribution is 8.00. The molecule has 2 aliphatic heterocycles. The van der Waals surface area contributed by atoms with Crippen LogP contribution >= 0.6 is 23.5 Å². The third-order valence-corrected chi connectivity index (χ3v) is 10.5. The van der Waals surface area contributed by atoms with E-state index in [0.29, 0.717) is 0 Å². The van der Waals surface area contributed by atoms with Crippen LogP contribution in [0, 0.1) is 0 Å². The van der Waals surface area contributed by atoms with E-state index in [1.807, 2.05) is 23.9 Å². The Morgan fingerprint density at radius 2 is 1.05 bits per heavy atom. The summed E-state index contributed by atoms with van der Waals surface area (Å²) in [5.41, 5.74) is 8.35. The molecule has 0 saturated heterocycles. The molecular weight excluding hydrogens is 553 g/mol. The lowest BCUT2D eigenvalue weighted by molar-refractivity contribution is 0.112. The van der Waals surface area contributed by atoms with Gasteiger partial charge in [-0.1, -0.05) is 100 Å². The quantitative estimate of drug-likeness (QED) is 0.120. The topological polar surface area (TPSA) is 23.6 Å². The first-order chi connectivity index (χ1) is 20.7. The van der Waals surface area contributed by atoms with Crippen molar-refractivity contribution in [1.82, 2.24) is 0 Å². The summed E-state index contributed by atoms with van der Waals surface area (Å²) in [4.78, 5) is 21.6. The number of fused-ring (bicyclic) bond motifs is 4. The van der Waals surface area contributed by atoms with Crippen LogP contribution < -0.4 is 9.80 Å². The average Bonchev–Trinajstić information content (AvgIpc) is 3.03. The van der Waals surface area contributed by atoms with E-state index < -0.39 is 0 Å². The first-order valence-electron chi connectivity index (χ1n) is 15.6. The number of aldehydes is 1. The second-order valence-corrected chi connectivity index (χ2v) is 13.5. The zero-order valence-electron chi connectivity index (χ0n) is 24.8. The van der Waals surface area contributed by atoms with Gasteiger partial charge in [0.25, 0.3) is 0 Å². The third-order valence-electron chi connectivity index (χ3n) is 8.31. The Hall–Kier alpha value is -3.15. The van der Waals surface area contributed by atoms with E-state index >= 15 is 0 Å². The molecular formula is C37H40N2OS2. The van der Waals surface area contributed by atoms with Crippen molar-refractivity contribution in [2.45, 2.75) is 84.8 Å². The lowest BCUT2D eigenvalue weighted by Gasteiger charge is -2.34. The zero-order valence-corrected chi connectivity index (χ0v) is 26.4. The van der Waals surface area contributed by atoms with Gasteiger partial charge in [-0.05, 0) is 78.6 Å². The first-order valence-corrected chi connectivity index (χ1v) is 17.2. The summed E-state index contributed by atoms with van der Waals surface area (Å²) in [5, 5.41) is 0. The molecule has 0 bridgehead atoms. The van der Waals surface area contributed by atoms with Crippen LogP contribution in [0.2, 0.25) is 0 Å². The van der Waals surface area contributed by atoms with E-state index in [4.69, 9.17) is 0 Å². The van der Waals surface area contributed by atoms with Crippen molar-refractivity contribution < 1.29 is 4.79 Å². The van der Waals surface area contributed by atoms with Crippen LogP contribution in [-0.2, 0) is 0 Å². The number of unbranched alkanes of at least 4 members (excludes halogenated alkanes) is 6. The minimum atomic E-state index is 0.734. The SMILES string of the molecule is CCCCCCN1c2ccccc2Sc2cc(-c3ccc4c(c3)Sc3cc(C=O)ccc3N4CCCCCC)ccc21. The summed E-state index contributed by atoms with van der Waals surface area (Å²) in [6.07, 6.45) is 10.9. The summed E-state index contributed by atoms with van der Waals surface area (Å²) < 4.78 is 0. The molecule has 0 fully saturated rings. The lowest BCUT2D eigenvalue weighted by Crippen LogP contribution is -2.22. The molecule has 0 atom stereocenters. The number of hydrogen-bond acceptors (Lipinski definition) is 5. The smallest absolute Gasteiger partial charge is 0.150 e. The number of benzene rings is 4. The van der Waals surface area contributed by atoms with Crippen LogP contribution in [-0.4, -0.2) is 19.4 Å². The van der Waals surface area contributed by atoms with Gasteiger partial charge in [-0.2, -0.15) is 0 Å². The fourth-order valence-electron chi connectivity index (χ4n) is 6.04. The molecule has 0 aliphatic carbocycles. The van der Waals surface area contributed by atoms with Crippen LogP contribution in [0.15, 0.2) is 98.4 Å². The van der Waals surface area contributed by atoms with Gasteiger partial charge in [0, 0.05) is 38.2 Å². The first kappa shape index (κ1) is 28.9. The van der Waals surface area contributed by atoms with E-state index in [1.54, 1.807) is 11.8 Å². The molecule has 216 valence electrons. The van der Waals surface area contributed by atoms with E-state index in [1.165, 1.54) is 93.5 Å². The van der Waals surface area contributed by atoms with Crippen molar-refractivity contribution in [1.29, 1.82) is 0 Å². The molecule has 3 nitrogen and oxygen atoms in total. The summed E-state index contributed by atoms with van der Waals surface area (Å²) in [5.74, 6) is 0. The molecule has 0 spiro atoms. The van der Waals surface area contributed by atoms with Crippen molar-refractivity contribution in [2.75, 3.05) is 22.9 Å². The van der Waals surface area contributed by atoms with Gasteiger partial charge in [-0.25, -0.2) is 0 Å². The van der Waals surface area contributed by atoms with E-state index in [0.717, 1.165) is 36.3 Å². The molecule has 0 N–H and O–H groups in total.